The molecule has 2 aromatic rings. The number of hydrogen-bond donors (Lipinski definition) is 1. The summed E-state index contributed by atoms with van der Waals surface area (Å²) < 4.78 is 10.5. The Morgan fingerprint density at radius 1 is 1.38 bits per heavy atom. The maximum Gasteiger partial charge on any atom is 0.339 e. The molecule has 1 aliphatic heterocycles. The molecule has 0 fully saturated rings. The van der Waals surface area contributed by atoms with Crippen molar-refractivity contribution in [1.29, 1.82) is 0 Å². The summed E-state index contributed by atoms with van der Waals surface area (Å²) in [5.41, 5.74) is 0.934. The fraction of sp³-hybridized carbons (Fsp3) is 0.214. The van der Waals surface area contributed by atoms with E-state index >= 15 is 0 Å². The van der Waals surface area contributed by atoms with Crippen LogP contribution in [0.4, 0.5) is 5.69 Å². The Hall–Kier alpha value is -2.83. The number of amides is 1. The number of anilines is 1. The van der Waals surface area contributed by atoms with Gasteiger partial charge in [0, 0.05) is 0 Å². The highest BCUT2D eigenvalue weighted by Crippen LogP contribution is 2.35. The first kappa shape index (κ1) is 13.2. The van der Waals surface area contributed by atoms with Crippen LogP contribution in [0.5, 0.6) is 5.75 Å². The first-order valence-corrected chi connectivity index (χ1v) is 6.30. The van der Waals surface area contributed by atoms with Gasteiger partial charge in [-0.05, 0) is 19.1 Å². The minimum absolute atomic E-state index is 0.0271. The Labute approximate surface area is 119 Å². The Bertz CT molecular complexity index is 722. The summed E-state index contributed by atoms with van der Waals surface area (Å²) in [5.74, 6) is -1.13. The Balaban J connectivity index is 2.05. The molecule has 2 heterocycles. The highest BCUT2D eigenvalue weighted by Gasteiger charge is 2.30. The average Bonchev–Trinajstić information content (AvgIpc) is 2.91. The van der Waals surface area contributed by atoms with E-state index in [1.807, 2.05) is 0 Å². The predicted octanol–water partition coefficient (Wildman–Crippen LogP) is 1.72. The number of oxazole rings is 1. The van der Waals surface area contributed by atoms with Crippen molar-refractivity contribution in [1.82, 2.24) is 4.98 Å². The number of aryl methyl sites for hydroxylation is 1. The van der Waals surface area contributed by atoms with E-state index < -0.39 is 5.97 Å². The van der Waals surface area contributed by atoms with Crippen molar-refractivity contribution >= 4 is 17.6 Å². The predicted molar refractivity (Wildman–Crippen MR) is 71.8 cm³/mol. The van der Waals surface area contributed by atoms with E-state index in [0.717, 1.165) is 0 Å². The number of fused-ring (bicyclic) bond motifs is 1. The van der Waals surface area contributed by atoms with E-state index in [1.54, 1.807) is 19.1 Å². The number of rotatable bonds is 2. The monoisotopic (exact) mass is 288 g/mol. The SMILES string of the molecule is Cc1ncoc1C(=O)N1CCOc2c(C(=O)O)cccc21. The zero-order valence-electron chi connectivity index (χ0n) is 11.2. The zero-order chi connectivity index (χ0) is 15.0. The lowest BCUT2D eigenvalue weighted by atomic mass is 10.1. The number of aromatic nitrogens is 1. The summed E-state index contributed by atoms with van der Waals surface area (Å²) in [5, 5.41) is 9.18. The highest BCUT2D eigenvalue weighted by atomic mass is 16.5. The molecule has 3 rings (SSSR count). The van der Waals surface area contributed by atoms with Gasteiger partial charge in [-0.3, -0.25) is 9.69 Å². The van der Waals surface area contributed by atoms with Gasteiger partial charge in [-0.15, -0.1) is 0 Å². The van der Waals surface area contributed by atoms with E-state index in [-0.39, 0.29) is 29.6 Å². The normalized spacial score (nSPS) is 13.5. The van der Waals surface area contributed by atoms with Crippen molar-refractivity contribution in [2.24, 2.45) is 0 Å². The molecule has 1 N–H and O–H groups in total. The van der Waals surface area contributed by atoms with Gasteiger partial charge in [0.15, 0.2) is 12.1 Å². The number of nitrogens with zero attached hydrogens (tertiary/aromatic N) is 2. The van der Waals surface area contributed by atoms with Crippen LogP contribution in [-0.4, -0.2) is 35.1 Å². The van der Waals surface area contributed by atoms with Crippen molar-refractivity contribution in [3.8, 4) is 5.75 Å². The average molecular weight is 288 g/mol. The Morgan fingerprint density at radius 3 is 2.86 bits per heavy atom. The van der Waals surface area contributed by atoms with Crippen molar-refractivity contribution in [2.45, 2.75) is 6.92 Å². The maximum atomic E-state index is 12.5. The molecule has 108 valence electrons. The lowest BCUT2D eigenvalue weighted by Crippen LogP contribution is -2.38. The summed E-state index contributed by atoms with van der Waals surface area (Å²) in [4.78, 5) is 29.1. The minimum atomic E-state index is -1.10. The first-order chi connectivity index (χ1) is 10.1. The van der Waals surface area contributed by atoms with Gasteiger partial charge in [-0.1, -0.05) is 6.07 Å². The van der Waals surface area contributed by atoms with Crippen molar-refractivity contribution in [3.05, 3.63) is 41.6 Å². The van der Waals surface area contributed by atoms with E-state index in [0.29, 0.717) is 17.9 Å². The second kappa shape index (κ2) is 4.93. The van der Waals surface area contributed by atoms with Crippen molar-refractivity contribution < 1.29 is 23.8 Å². The minimum Gasteiger partial charge on any atom is -0.489 e. The van der Waals surface area contributed by atoms with Gasteiger partial charge in [-0.2, -0.15) is 0 Å². The number of carbonyl (C=O) groups is 2. The largest absolute Gasteiger partial charge is 0.489 e. The van der Waals surface area contributed by atoms with E-state index in [2.05, 4.69) is 4.98 Å². The number of carboxylic acid groups (broad SMARTS) is 1. The van der Waals surface area contributed by atoms with Crippen LogP contribution in [0.15, 0.2) is 29.0 Å². The molecule has 0 bridgehead atoms. The number of para-hydroxylation sites is 1. The number of carbonyl (C=O) groups excluding carboxylic acids is 1. The highest BCUT2D eigenvalue weighted by molar-refractivity contribution is 6.07. The fourth-order valence-electron chi connectivity index (χ4n) is 2.26. The topological polar surface area (TPSA) is 92.9 Å². The third-order valence-electron chi connectivity index (χ3n) is 3.26. The summed E-state index contributed by atoms with van der Waals surface area (Å²) in [6.45, 7) is 2.21. The maximum absolute atomic E-state index is 12.5. The van der Waals surface area contributed by atoms with Crippen LogP contribution < -0.4 is 9.64 Å². The van der Waals surface area contributed by atoms with E-state index in [9.17, 15) is 14.7 Å². The molecule has 0 radical (unpaired) electrons. The summed E-state index contributed by atoms with van der Waals surface area (Å²) >= 11 is 0. The third-order valence-corrected chi connectivity index (χ3v) is 3.26. The van der Waals surface area contributed by atoms with Crippen LogP contribution in [0.1, 0.15) is 26.6 Å². The standard InChI is InChI=1S/C14H12N2O5/c1-8-11(21-7-15-8)13(17)16-5-6-20-12-9(14(18)19)3-2-4-10(12)16/h2-4,7H,5-6H2,1H3,(H,18,19). The molecule has 1 amide bonds. The van der Waals surface area contributed by atoms with Gasteiger partial charge in [-0.25, -0.2) is 9.78 Å². The molecule has 7 heteroatoms. The molecule has 1 aromatic carbocycles. The van der Waals surface area contributed by atoms with Gasteiger partial charge >= 0.3 is 5.97 Å². The molecule has 0 atom stereocenters. The number of carboxylic acids is 1. The second-order valence-corrected chi connectivity index (χ2v) is 4.53. The zero-order valence-corrected chi connectivity index (χ0v) is 11.2. The fourth-order valence-corrected chi connectivity index (χ4v) is 2.26. The quantitative estimate of drug-likeness (QED) is 0.904. The van der Waals surface area contributed by atoms with Gasteiger partial charge in [0.05, 0.1) is 17.9 Å². The van der Waals surface area contributed by atoms with Crippen molar-refractivity contribution in [2.75, 3.05) is 18.1 Å². The second-order valence-electron chi connectivity index (χ2n) is 4.53. The first-order valence-electron chi connectivity index (χ1n) is 6.30. The molecule has 1 aliphatic rings. The third kappa shape index (κ3) is 2.12. The van der Waals surface area contributed by atoms with Crippen LogP contribution in [0, 0.1) is 6.92 Å². The van der Waals surface area contributed by atoms with E-state index in [4.69, 9.17) is 9.15 Å². The molecule has 0 saturated carbocycles. The number of hydrogen-bond acceptors (Lipinski definition) is 5. The van der Waals surface area contributed by atoms with Gasteiger partial charge in [0.25, 0.3) is 5.91 Å². The molecule has 1 aromatic heterocycles. The molecule has 0 aliphatic carbocycles. The Morgan fingerprint density at radius 2 is 2.19 bits per heavy atom. The van der Waals surface area contributed by atoms with Gasteiger partial charge in [0.2, 0.25) is 5.76 Å². The number of aromatic carboxylic acids is 1. The van der Waals surface area contributed by atoms with E-state index in [1.165, 1.54) is 17.4 Å². The number of benzene rings is 1. The van der Waals surface area contributed by atoms with Crippen LogP contribution >= 0.6 is 0 Å². The Kier molecular flexibility index (Phi) is 3.09. The summed E-state index contributed by atoms with van der Waals surface area (Å²) in [6, 6.07) is 4.66. The summed E-state index contributed by atoms with van der Waals surface area (Å²) in [6.07, 6.45) is 1.21. The van der Waals surface area contributed by atoms with Gasteiger partial charge < -0.3 is 14.3 Å². The molecule has 0 unspecified atom stereocenters. The van der Waals surface area contributed by atoms with Crippen LogP contribution in [-0.2, 0) is 0 Å². The van der Waals surface area contributed by atoms with Gasteiger partial charge in [0.1, 0.15) is 12.2 Å². The smallest absolute Gasteiger partial charge is 0.339 e. The lowest BCUT2D eigenvalue weighted by molar-refractivity contribution is 0.0690. The van der Waals surface area contributed by atoms with Crippen LogP contribution in [0.25, 0.3) is 0 Å². The van der Waals surface area contributed by atoms with Crippen LogP contribution in [0.3, 0.4) is 0 Å². The lowest BCUT2D eigenvalue weighted by Gasteiger charge is -2.29. The molecule has 0 saturated heterocycles. The molecular formula is C14H12N2O5. The number of ether oxygens (including phenoxy) is 1. The summed E-state index contributed by atoms with van der Waals surface area (Å²) in [7, 11) is 0. The van der Waals surface area contributed by atoms with Crippen molar-refractivity contribution in [3.63, 3.8) is 0 Å². The molecule has 21 heavy (non-hydrogen) atoms. The molecule has 7 nitrogen and oxygen atoms in total. The molecule has 0 spiro atoms. The van der Waals surface area contributed by atoms with Crippen LogP contribution in [0.2, 0.25) is 0 Å². The molecular weight excluding hydrogens is 276 g/mol.